The van der Waals surface area contributed by atoms with Crippen molar-refractivity contribution in [1.29, 1.82) is 5.26 Å². The minimum absolute atomic E-state index is 0.0179. The molecule has 1 aliphatic carbocycles. The average Bonchev–Trinajstić information content (AvgIpc) is 2.87. The number of anilines is 1. The SMILES string of the molecule is Cc1cncc(N2C(=O)C(C)(C)C3CC=C(c4cnc(C#N)nc4)C=C32)n1. The molecule has 1 unspecified atom stereocenters. The summed E-state index contributed by atoms with van der Waals surface area (Å²) in [5.74, 6) is 0.758. The highest BCUT2D eigenvalue weighted by atomic mass is 16.2. The summed E-state index contributed by atoms with van der Waals surface area (Å²) in [7, 11) is 0. The van der Waals surface area contributed by atoms with E-state index in [1.807, 2.05) is 32.9 Å². The zero-order valence-electron chi connectivity index (χ0n) is 15.3. The summed E-state index contributed by atoms with van der Waals surface area (Å²) < 4.78 is 0. The van der Waals surface area contributed by atoms with E-state index in [2.05, 4.69) is 26.0 Å². The highest BCUT2D eigenvalue weighted by molar-refractivity contribution is 6.04. The van der Waals surface area contributed by atoms with Crippen LogP contribution >= 0.6 is 0 Å². The fourth-order valence-corrected chi connectivity index (χ4v) is 3.65. The minimum Gasteiger partial charge on any atom is -0.273 e. The van der Waals surface area contributed by atoms with Gasteiger partial charge in [0.15, 0.2) is 5.82 Å². The third-order valence-corrected chi connectivity index (χ3v) is 5.17. The second kappa shape index (κ2) is 6.09. The van der Waals surface area contributed by atoms with Gasteiger partial charge in [0.1, 0.15) is 6.07 Å². The number of rotatable bonds is 2. The maximum atomic E-state index is 13.2. The van der Waals surface area contributed by atoms with Crippen LogP contribution in [0.5, 0.6) is 0 Å². The molecule has 134 valence electrons. The van der Waals surface area contributed by atoms with Crippen molar-refractivity contribution in [2.45, 2.75) is 27.2 Å². The second-order valence-electron chi connectivity index (χ2n) is 7.31. The number of hydrogen-bond donors (Lipinski definition) is 0. The Morgan fingerprint density at radius 1 is 1.22 bits per heavy atom. The summed E-state index contributed by atoms with van der Waals surface area (Å²) in [5.41, 5.74) is 2.88. The van der Waals surface area contributed by atoms with Gasteiger partial charge in [-0.3, -0.25) is 14.7 Å². The normalized spacial score (nSPS) is 20.6. The van der Waals surface area contributed by atoms with Crippen molar-refractivity contribution in [3.05, 3.63) is 59.7 Å². The van der Waals surface area contributed by atoms with Crippen molar-refractivity contribution >= 4 is 17.3 Å². The Morgan fingerprint density at radius 3 is 2.63 bits per heavy atom. The molecular weight excluding hydrogens is 340 g/mol. The number of fused-ring (bicyclic) bond motifs is 1. The van der Waals surface area contributed by atoms with Gasteiger partial charge in [0.05, 0.1) is 17.3 Å². The van der Waals surface area contributed by atoms with Crippen LogP contribution in [0.15, 0.2) is 42.6 Å². The van der Waals surface area contributed by atoms with Crippen LogP contribution in [-0.2, 0) is 4.79 Å². The molecule has 0 spiro atoms. The first-order chi connectivity index (χ1) is 12.9. The zero-order chi connectivity index (χ0) is 19.2. The van der Waals surface area contributed by atoms with Gasteiger partial charge in [-0.2, -0.15) is 5.26 Å². The smallest absolute Gasteiger partial charge is 0.238 e. The van der Waals surface area contributed by atoms with Crippen molar-refractivity contribution in [3.63, 3.8) is 0 Å². The van der Waals surface area contributed by atoms with E-state index in [1.165, 1.54) is 0 Å². The molecule has 0 N–H and O–H groups in total. The maximum absolute atomic E-state index is 13.2. The summed E-state index contributed by atoms with van der Waals surface area (Å²) in [6.07, 6.45) is 11.4. The van der Waals surface area contributed by atoms with Crippen molar-refractivity contribution in [3.8, 4) is 6.07 Å². The topological polar surface area (TPSA) is 95.7 Å². The van der Waals surface area contributed by atoms with Gasteiger partial charge in [0.25, 0.3) is 0 Å². The predicted octanol–water partition coefficient (Wildman–Crippen LogP) is 2.81. The van der Waals surface area contributed by atoms with Crippen LogP contribution in [0.2, 0.25) is 0 Å². The number of nitriles is 1. The summed E-state index contributed by atoms with van der Waals surface area (Å²) in [4.78, 5) is 31.6. The van der Waals surface area contributed by atoms with Crippen LogP contribution in [0, 0.1) is 29.6 Å². The lowest BCUT2D eigenvalue weighted by Gasteiger charge is -2.25. The maximum Gasteiger partial charge on any atom is 0.238 e. The summed E-state index contributed by atoms with van der Waals surface area (Å²) in [6, 6.07) is 1.92. The molecule has 2 aliphatic rings. The molecule has 0 bridgehead atoms. The molecule has 2 aromatic rings. The molecule has 1 fully saturated rings. The van der Waals surface area contributed by atoms with Crippen LogP contribution in [0.3, 0.4) is 0 Å². The highest BCUT2D eigenvalue weighted by Gasteiger charge is 2.51. The molecule has 7 nitrogen and oxygen atoms in total. The monoisotopic (exact) mass is 358 g/mol. The summed E-state index contributed by atoms with van der Waals surface area (Å²) >= 11 is 0. The average molecular weight is 358 g/mol. The van der Waals surface area contributed by atoms with Crippen molar-refractivity contribution in [2.75, 3.05) is 4.90 Å². The van der Waals surface area contributed by atoms with Gasteiger partial charge >= 0.3 is 0 Å². The van der Waals surface area contributed by atoms with Crippen molar-refractivity contribution < 1.29 is 4.79 Å². The van der Waals surface area contributed by atoms with Gasteiger partial charge in [0, 0.05) is 35.8 Å². The molecule has 3 heterocycles. The Balaban J connectivity index is 1.79. The Bertz CT molecular complexity index is 1030. The van der Waals surface area contributed by atoms with Gasteiger partial charge in [-0.1, -0.05) is 19.9 Å². The van der Waals surface area contributed by atoms with Crippen LogP contribution < -0.4 is 4.90 Å². The Kier molecular flexibility index (Phi) is 3.84. The molecule has 1 amide bonds. The van der Waals surface area contributed by atoms with Gasteiger partial charge in [-0.15, -0.1) is 0 Å². The van der Waals surface area contributed by atoms with E-state index in [4.69, 9.17) is 5.26 Å². The number of hydrogen-bond acceptors (Lipinski definition) is 6. The summed E-state index contributed by atoms with van der Waals surface area (Å²) in [5, 5.41) is 8.87. The lowest BCUT2D eigenvalue weighted by atomic mass is 9.75. The van der Waals surface area contributed by atoms with Gasteiger partial charge < -0.3 is 0 Å². The first-order valence-corrected chi connectivity index (χ1v) is 8.69. The van der Waals surface area contributed by atoms with E-state index < -0.39 is 5.41 Å². The fourth-order valence-electron chi connectivity index (χ4n) is 3.65. The van der Waals surface area contributed by atoms with E-state index in [0.29, 0.717) is 5.82 Å². The number of amides is 1. The molecule has 0 saturated carbocycles. The largest absolute Gasteiger partial charge is 0.273 e. The standard InChI is InChI=1S/C20H18N6O/c1-12-8-22-11-18(25-12)26-16-6-13(14-9-23-17(7-21)24-10-14)4-5-15(16)20(2,3)19(26)27/h4,6,8-11,15H,5H2,1-3H3. The minimum atomic E-state index is -0.527. The highest BCUT2D eigenvalue weighted by Crippen LogP contribution is 2.49. The second-order valence-corrected chi connectivity index (χ2v) is 7.31. The van der Waals surface area contributed by atoms with Crippen LogP contribution in [0.1, 0.15) is 37.4 Å². The van der Waals surface area contributed by atoms with Crippen LogP contribution in [-0.4, -0.2) is 25.8 Å². The van der Waals surface area contributed by atoms with E-state index in [0.717, 1.165) is 28.9 Å². The molecule has 1 saturated heterocycles. The number of carbonyl (C=O) groups is 1. The number of nitrogens with zero attached hydrogens (tertiary/aromatic N) is 6. The molecule has 1 atom stereocenters. The number of aromatic nitrogens is 4. The van der Waals surface area contributed by atoms with E-state index in [9.17, 15) is 4.79 Å². The predicted molar refractivity (Wildman–Crippen MR) is 99.0 cm³/mol. The zero-order valence-corrected chi connectivity index (χ0v) is 15.3. The van der Waals surface area contributed by atoms with Crippen LogP contribution in [0.4, 0.5) is 5.82 Å². The number of carbonyl (C=O) groups excluding carboxylic acids is 1. The van der Waals surface area contributed by atoms with E-state index in [1.54, 1.807) is 29.7 Å². The molecular formula is C20H18N6O. The number of allylic oxidation sites excluding steroid dienone is 4. The molecule has 0 aromatic carbocycles. The first kappa shape index (κ1) is 17.0. The fraction of sp³-hybridized carbons (Fsp3) is 0.300. The first-order valence-electron chi connectivity index (χ1n) is 8.69. The Labute approximate surface area is 157 Å². The molecule has 7 heteroatoms. The number of aryl methyl sites for hydroxylation is 1. The lowest BCUT2D eigenvalue weighted by molar-refractivity contribution is -0.125. The molecule has 0 radical (unpaired) electrons. The van der Waals surface area contributed by atoms with Crippen molar-refractivity contribution in [2.24, 2.45) is 11.3 Å². The third kappa shape index (κ3) is 2.70. The van der Waals surface area contributed by atoms with Gasteiger partial charge in [-0.25, -0.2) is 15.0 Å². The Morgan fingerprint density at radius 2 is 1.96 bits per heavy atom. The quantitative estimate of drug-likeness (QED) is 0.819. The van der Waals surface area contributed by atoms with Gasteiger partial charge in [-0.05, 0) is 25.0 Å². The lowest BCUT2D eigenvalue weighted by Crippen LogP contribution is -2.32. The van der Waals surface area contributed by atoms with Crippen LogP contribution in [0.25, 0.3) is 5.57 Å². The van der Waals surface area contributed by atoms with Gasteiger partial charge in [0.2, 0.25) is 11.7 Å². The third-order valence-electron chi connectivity index (χ3n) is 5.17. The Hall–Kier alpha value is -3.40. The molecule has 2 aromatic heterocycles. The molecule has 27 heavy (non-hydrogen) atoms. The molecule has 4 rings (SSSR count). The van der Waals surface area contributed by atoms with Crippen molar-refractivity contribution in [1.82, 2.24) is 19.9 Å². The van der Waals surface area contributed by atoms with E-state index in [-0.39, 0.29) is 17.6 Å². The van der Waals surface area contributed by atoms with E-state index >= 15 is 0 Å². The summed E-state index contributed by atoms with van der Waals surface area (Å²) in [6.45, 7) is 5.80. The molecule has 1 aliphatic heterocycles.